The summed E-state index contributed by atoms with van der Waals surface area (Å²) < 4.78 is 25.1. The zero-order chi connectivity index (χ0) is 19.2. The van der Waals surface area contributed by atoms with Crippen LogP contribution in [0.15, 0.2) is 70.5 Å². The van der Waals surface area contributed by atoms with Crippen molar-refractivity contribution in [2.24, 2.45) is 0 Å². The van der Waals surface area contributed by atoms with Crippen LogP contribution in [0.5, 0.6) is 11.5 Å². The summed E-state index contributed by atoms with van der Waals surface area (Å²) in [6, 6.07) is 19.0. The summed E-state index contributed by atoms with van der Waals surface area (Å²) in [6.45, 7) is 2.40. The van der Waals surface area contributed by atoms with Gasteiger partial charge in [-0.1, -0.05) is 58.0 Å². The summed E-state index contributed by atoms with van der Waals surface area (Å²) >= 11 is 5.04. The molecule has 2 nitrogen and oxygen atoms in total. The predicted molar refractivity (Wildman–Crippen MR) is 112 cm³/mol. The molecule has 0 fully saturated rings. The summed E-state index contributed by atoms with van der Waals surface area (Å²) in [4.78, 5) is 2.06. The molecule has 0 atom stereocenters. The molecule has 5 heteroatoms. The SMILES string of the molecule is COc1cc(Sc2c(C)cc(F)cc2CBr)ccc1OCc1ccccc1. The van der Waals surface area contributed by atoms with Crippen molar-refractivity contribution in [1.82, 2.24) is 0 Å². The number of aryl methyl sites for hydroxylation is 1. The second kappa shape index (κ2) is 9.29. The van der Waals surface area contributed by atoms with E-state index >= 15 is 0 Å². The number of benzene rings is 3. The van der Waals surface area contributed by atoms with Crippen LogP contribution >= 0.6 is 27.7 Å². The van der Waals surface area contributed by atoms with Gasteiger partial charge in [0, 0.05) is 15.1 Å². The fourth-order valence-corrected chi connectivity index (χ4v) is 4.38. The Morgan fingerprint density at radius 3 is 2.48 bits per heavy atom. The minimum Gasteiger partial charge on any atom is -0.493 e. The minimum atomic E-state index is -0.214. The highest BCUT2D eigenvalue weighted by Crippen LogP contribution is 2.39. The van der Waals surface area contributed by atoms with Gasteiger partial charge in [0.1, 0.15) is 12.4 Å². The number of ether oxygens (including phenoxy) is 2. The maximum Gasteiger partial charge on any atom is 0.161 e. The van der Waals surface area contributed by atoms with Crippen LogP contribution in [0.3, 0.4) is 0 Å². The second-order valence-corrected chi connectivity index (χ2v) is 7.68. The number of rotatable bonds is 7. The molecule has 3 aromatic carbocycles. The molecule has 0 N–H and O–H groups in total. The molecule has 27 heavy (non-hydrogen) atoms. The fourth-order valence-electron chi connectivity index (χ4n) is 2.73. The van der Waals surface area contributed by atoms with E-state index in [-0.39, 0.29) is 5.82 Å². The first-order valence-electron chi connectivity index (χ1n) is 8.48. The number of alkyl halides is 1. The van der Waals surface area contributed by atoms with E-state index in [1.165, 1.54) is 0 Å². The molecule has 0 radical (unpaired) electrons. The average molecular weight is 447 g/mol. The summed E-state index contributed by atoms with van der Waals surface area (Å²) in [5.41, 5.74) is 2.94. The van der Waals surface area contributed by atoms with Gasteiger partial charge in [-0.3, -0.25) is 0 Å². The average Bonchev–Trinajstić information content (AvgIpc) is 2.69. The highest BCUT2D eigenvalue weighted by atomic mass is 79.9. The van der Waals surface area contributed by atoms with E-state index in [1.54, 1.807) is 31.0 Å². The van der Waals surface area contributed by atoms with Crippen molar-refractivity contribution in [3.63, 3.8) is 0 Å². The van der Waals surface area contributed by atoms with Gasteiger partial charge in [-0.05, 0) is 53.9 Å². The van der Waals surface area contributed by atoms with Gasteiger partial charge in [0.05, 0.1) is 7.11 Å². The molecule has 0 amide bonds. The molecular formula is C22H20BrFO2S. The lowest BCUT2D eigenvalue weighted by Crippen LogP contribution is -1.97. The Kier molecular flexibility index (Phi) is 6.80. The Morgan fingerprint density at radius 2 is 1.78 bits per heavy atom. The van der Waals surface area contributed by atoms with Crippen molar-refractivity contribution >= 4 is 27.7 Å². The lowest BCUT2D eigenvalue weighted by atomic mass is 10.1. The van der Waals surface area contributed by atoms with Crippen molar-refractivity contribution in [1.29, 1.82) is 0 Å². The van der Waals surface area contributed by atoms with Gasteiger partial charge < -0.3 is 9.47 Å². The molecule has 0 spiro atoms. The molecule has 0 heterocycles. The van der Waals surface area contributed by atoms with E-state index in [2.05, 4.69) is 15.9 Å². The molecule has 0 aliphatic carbocycles. The normalized spacial score (nSPS) is 10.7. The van der Waals surface area contributed by atoms with Crippen molar-refractivity contribution in [3.8, 4) is 11.5 Å². The quantitative estimate of drug-likeness (QED) is 0.373. The van der Waals surface area contributed by atoms with Crippen molar-refractivity contribution in [3.05, 3.63) is 83.2 Å². The Morgan fingerprint density at radius 1 is 1.00 bits per heavy atom. The lowest BCUT2D eigenvalue weighted by Gasteiger charge is -2.14. The Bertz CT molecular complexity index is 916. The number of hydrogen-bond acceptors (Lipinski definition) is 3. The van der Waals surface area contributed by atoms with Gasteiger partial charge in [-0.25, -0.2) is 4.39 Å². The molecule has 0 saturated heterocycles. The molecule has 0 aliphatic heterocycles. The Labute approximate surface area is 171 Å². The van der Waals surface area contributed by atoms with Crippen LogP contribution in [-0.4, -0.2) is 7.11 Å². The topological polar surface area (TPSA) is 18.5 Å². The smallest absolute Gasteiger partial charge is 0.161 e. The van der Waals surface area contributed by atoms with Gasteiger partial charge in [0.2, 0.25) is 0 Å². The predicted octanol–water partition coefficient (Wildman–Crippen LogP) is 6.77. The van der Waals surface area contributed by atoms with Crippen molar-refractivity contribution in [2.75, 3.05) is 7.11 Å². The van der Waals surface area contributed by atoms with Crippen LogP contribution < -0.4 is 9.47 Å². The van der Waals surface area contributed by atoms with E-state index in [0.29, 0.717) is 23.4 Å². The van der Waals surface area contributed by atoms with Crippen LogP contribution in [0.2, 0.25) is 0 Å². The molecule has 0 aromatic heterocycles. The zero-order valence-corrected chi connectivity index (χ0v) is 17.6. The maximum atomic E-state index is 13.7. The molecule has 0 unspecified atom stereocenters. The molecule has 3 rings (SSSR count). The lowest BCUT2D eigenvalue weighted by molar-refractivity contribution is 0.284. The second-order valence-electron chi connectivity index (χ2n) is 6.03. The molecule has 140 valence electrons. The van der Waals surface area contributed by atoms with Crippen LogP contribution in [-0.2, 0) is 11.9 Å². The molecule has 0 bridgehead atoms. The molecule has 0 saturated carbocycles. The standard InChI is InChI=1S/C22H20BrFO2S/c1-15-10-18(24)11-17(13-23)22(15)27-19-8-9-20(21(12-19)25-2)26-14-16-6-4-3-5-7-16/h3-12H,13-14H2,1-2H3. The first-order chi connectivity index (χ1) is 13.1. The van der Waals surface area contributed by atoms with Gasteiger partial charge >= 0.3 is 0 Å². The van der Waals surface area contributed by atoms with Crippen molar-refractivity contribution < 1.29 is 13.9 Å². The maximum absolute atomic E-state index is 13.7. The van der Waals surface area contributed by atoms with E-state index in [0.717, 1.165) is 26.5 Å². The van der Waals surface area contributed by atoms with Crippen LogP contribution in [0.1, 0.15) is 16.7 Å². The zero-order valence-electron chi connectivity index (χ0n) is 15.2. The Balaban J connectivity index is 1.80. The van der Waals surface area contributed by atoms with Crippen LogP contribution in [0.4, 0.5) is 4.39 Å². The minimum absolute atomic E-state index is 0.214. The van der Waals surface area contributed by atoms with Gasteiger partial charge in [0.25, 0.3) is 0 Å². The monoisotopic (exact) mass is 446 g/mol. The molecular weight excluding hydrogens is 427 g/mol. The molecule has 0 aliphatic rings. The third-order valence-electron chi connectivity index (χ3n) is 4.05. The van der Waals surface area contributed by atoms with E-state index in [1.807, 2.05) is 55.5 Å². The largest absolute Gasteiger partial charge is 0.493 e. The van der Waals surface area contributed by atoms with Crippen LogP contribution in [0.25, 0.3) is 0 Å². The number of methoxy groups -OCH3 is 1. The van der Waals surface area contributed by atoms with Crippen molar-refractivity contribution in [2.45, 2.75) is 28.7 Å². The molecule has 3 aromatic rings. The van der Waals surface area contributed by atoms with E-state index < -0.39 is 0 Å². The summed E-state index contributed by atoms with van der Waals surface area (Å²) in [5, 5.41) is 0.601. The Hall–Kier alpha value is -1.98. The number of halogens is 2. The first kappa shape index (κ1) is 19.8. The van der Waals surface area contributed by atoms with E-state index in [4.69, 9.17) is 9.47 Å². The summed E-state index contributed by atoms with van der Waals surface area (Å²) in [6.07, 6.45) is 0. The van der Waals surface area contributed by atoms with Gasteiger partial charge in [0.15, 0.2) is 11.5 Å². The summed E-state index contributed by atoms with van der Waals surface area (Å²) in [7, 11) is 1.63. The third kappa shape index (κ3) is 5.05. The highest BCUT2D eigenvalue weighted by Gasteiger charge is 2.12. The van der Waals surface area contributed by atoms with E-state index in [9.17, 15) is 4.39 Å². The summed E-state index contributed by atoms with van der Waals surface area (Å²) in [5.74, 6) is 1.16. The number of hydrogen-bond donors (Lipinski definition) is 0. The van der Waals surface area contributed by atoms with Gasteiger partial charge in [-0.2, -0.15) is 0 Å². The van der Waals surface area contributed by atoms with Crippen LogP contribution in [0, 0.1) is 12.7 Å². The van der Waals surface area contributed by atoms with Gasteiger partial charge in [-0.15, -0.1) is 0 Å². The first-order valence-corrected chi connectivity index (χ1v) is 10.4. The fraction of sp³-hybridized carbons (Fsp3) is 0.182. The third-order valence-corrected chi connectivity index (χ3v) is 5.93. The highest BCUT2D eigenvalue weighted by molar-refractivity contribution is 9.08.